The molecule has 2 aromatic heterocycles. The van der Waals surface area contributed by atoms with Crippen molar-refractivity contribution in [2.24, 2.45) is 0 Å². The molecule has 152 valence electrons. The molecule has 0 atom stereocenters. The number of aromatic nitrogens is 6. The summed E-state index contributed by atoms with van der Waals surface area (Å²) >= 11 is 5.80. The lowest BCUT2D eigenvalue weighted by molar-refractivity contribution is 0.709. The van der Waals surface area contributed by atoms with Crippen LogP contribution in [0.2, 0.25) is 0 Å². The van der Waals surface area contributed by atoms with Gasteiger partial charge in [0.15, 0.2) is 11.6 Å². The molecule has 0 amide bonds. The predicted octanol–water partition coefficient (Wildman–Crippen LogP) is 3.99. The van der Waals surface area contributed by atoms with E-state index >= 15 is 0 Å². The van der Waals surface area contributed by atoms with Gasteiger partial charge in [-0.1, -0.05) is 66.7 Å². The largest absolute Gasteiger partial charge is 0.347 e. The number of hydrogen-bond donors (Lipinski definition) is 1. The monoisotopic (exact) mass is 426 g/mol. The summed E-state index contributed by atoms with van der Waals surface area (Å²) in [7, 11) is 0. The van der Waals surface area contributed by atoms with Gasteiger partial charge in [0.1, 0.15) is 0 Å². The Morgan fingerprint density at radius 2 is 1.39 bits per heavy atom. The van der Waals surface area contributed by atoms with E-state index in [4.69, 9.17) is 17.3 Å². The van der Waals surface area contributed by atoms with Crippen molar-refractivity contribution in [3.8, 4) is 22.8 Å². The summed E-state index contributed by atoms with van der Waals surface area (Å²) in [4.78, 5) is 12.5. The van der Waals surface area contributed by atoms with Gasteiger partial charge in [0.25, 0.3) is 0 Å². The van der Waals surface area contributed by atoms with E-state index in [1.54, 1.807) is 9.25 Å². The maximum absolute atomic E-state index is 12.5. The van der Waals surface area contributed by atoms with Gasteiger partial charge in [-0.15, -0.1) is 5.10 Å². The fourth-order valence-corrected chi connectivity index (χ4v) is 3.79. The first-order valence-corrected chi connectivity index (χ1v) is 10.2. The molecule has 0 fully saturated rings. The number of hydrogen-bond acceptors (Lipinski definition) is 4. The molecule has 0 saturated carbocycles. The van der Waals surface area contributed by atoms with Crippen molar-refractivity contribution < 1.29 is 0 Å². The Morgan fingerprint density at radius 3 is 2.03 bits per heavy atom. The molecule has 0 radical (unpaired) electrons. The molecular weight excluding hydrogens is 408 g/mol. The first-order valence-electron chi connectivity index (χ1n) is 9.75. The Morgan fingerprint density at radius 1 is 0.806 bits per heavy atom. The first kappa shape index (κ1) is 19.0. The highest BCUT2D eigenvalue weighted by atomic mass is 32.1. The number of rotatable bonds is 5. The number of para-hydroxylation sites is 2. The average molecular weight is 427 g/mol. The van der Waals surface area contributed by atoms with Gasteiger partial charge in [0, 0.05) is 5.56 Å². The quantitative estimate of drug-likeness (QED) is 0.431. The van der Waals surface area contributed by atoms with E-state index < -0.39 is 0 Å². The fraction of sp³-hybridized carbons (Fsp3) is 0.0435. The molecule has 0 bridgehead atoms. The smallest absolute Gasteiger partial charge is 0.292 e. The third kappa shape index (κ3) is 3.53. The Bertz CT molecular complexity index is 1430. The number of nitrogens with one attached hydrogen (secondary N) is 1. The summed E-state index contributed by atoms with van der Waals surface area (Å²) in [6.45, 7) is 0.281. The van der Waals surface area contributed by atoms with E-state index in [-0.39, 0.29) is 12.2 Å². The van der Waals surface area contributed by atoms with Crippen LogP contribution in [0.4, 0.5) is 0 Å². The van der Waals surface area contributed by atoms with Crippen LogP contribution in [0.1, 0.15) is 5.82 Å². The van der Waals surface area contributed by atoms with Gasteiger partial charge in [0.05, 0.1) is 17.9 Å². The molecular formula is C23H18N6OS. The zero-order chi connectivity index (χ0) is 21.2. The topological polar surface area (TPSA) is 73.4 Å². The molecule has 0 spiro atoms. The zero-order valence-electron chi connectivity index (χ0n) is 16.4. The van der Waals surface area contributed by atoms with Crippen LogP contribution < -0.4 is 5.69 Å². The molecule has 5 aromatic rings. The number of nitrogens with zero attached hydrogens (tertiary/aromatic N) is 5. The summed E-state index contributed by atoms with van der Waals surface area (Å²) in [5.74, 6) is 1.24. The molecule has 2 heterocycles. The molecule has 8 heteroatoms. The maximum atomic E-state index is 12.5. The highest BCUT2D eigenvalue weighted by Gasteiger charge is 2.18. The van der Waals surface area contributed by atoms with E-state index in [1.807, 2.05) is 95.6 Å². The van der Waals surface area contributed by atoms with Gasteiger partial charge >= 0.3 is 5.69 Å². The van der Waals surface area contributed by atoms with Gasteiger partial charge in [-0.05, 0) is 36.5 Å². The third-order valence-corrected chi connectivity index (χ3v) is 5.34. The van der Waals surface area contributed by atoms with Crippen molar-refractivity contribution in [3.05, 3.63) is 112 Å². The molecule has 7 nitrogen and oxygen atoms in total. The minimum Gasteiger partial charge on any atom is -0.292 e. The summed E-state index contributed by atoms with van der Waals surface area (Å²) < 4.78 is 5.69. The molecule has 0 aliphatic carbocycles. The summed E-state index contributed by atoms with van der Waals surface area (Å²) in [5.41, 5.74) is 2.22. The number of benzene rings is 3. The van der Waals surface area contributed by atoms with E-state index in [0.717, 1.165) is 16.9 Å². The van der Waals surface area contributed by atoms with Gasteiger partial charge < -0.3 is 0 Å². The maximum Gasteiger partial charge on any atom is 0.347 e. The second-order valence-corrected chi connectivity index (χ2v) is 7.29. The average Bonchev–Trinajstić information content (AvgIpc) is 3.35. The lowest BCUT2D eigenvalue weighted by Gasteiger charge is -2.08. The van der Waals surface area contributed by atoms with Crippen molar-refractivity contribution in [2.75, 3.05) is 0 Å². The second kappa shape index (κ2) is 8.00. The van der Waals surface area contributed by atoms with Crippen LogP contribution in [-0.4, -0.2) is 29.1 Å². The predicted molar refractivity (Wildman–Crippen MR) is 121 cm³/mol. The van der Waals surface area contributed by atoms with Crippen molar-refractivity contribution in [3.63, 3.8) is 0 Å². The van der Waals surface area contributed by atoms with Crippen LogP contribution >= 0.6 is 12.2 Å². The van der Waals surface area contributed by atoms with Gasteiger partial charge in [0.2, 0.25) is 4.77 Å². The number of H-pyrrole nitrogens is 1. The lowest BCUT2D eigenvalue weighted by atomic mass is 10.2. The van der Waals surface area contributed by atoms with Crippen LogP contribution in [0.25, 0.3) is 22.8 Å². The first-order chi connectivity index (χ1) is 15.2. The Labute approximate surface area is 182 Å². The summed E-state index contributed by atoms with van der Waals surface area (Å²) in [5, 5.41) is 11.6. The molecule has 0 aliphatic heterocycles. The molecule has 31 heavy (non-hydrogen) atoms. The lowest BCUT2D eigenvalue weighted by Crippen LogP contribution is -2.18. The summed E-state index contributed by atoms with van der Waals surface area (Å²) in [6, 6.07) is 29.0. The molecule has 0 aliphatic rings. The van der Waals surface area contributed by atoms with Gasteiger partial charge in [-0.2, -0.15) is 5.10 Å². The van der Waals surface area contributed by atoms with E-state index in [1.165, 1.54) is 0 Å². The van der Waals surface area contributed by atoms with E-state index in [0.29, 0.717) is 16.4 Å². The summed E-state index contributed by atoms with van der Waals surface area (Å²) in [6.07, 6.45) is 0. The van der Waals surface area contributed by atoms with Crippen molar-refractivity contribution in [2.45, 2.75) is 6.54 Å². The standard InChI is InChI=1S/C23H18N6OS/c30-22-25-24-20(28(22)18-12-6-2-7-13-18)16-27-21(17-10-4-1-5-11-17)26-29(23(27)31)19-14-8-3-9-15-19/h1-15H,16H2,(H,25,30). The van der Waals surface area contributed by atoms with E-state index in [9.17, 15) is 4.79 Å². The number of aromatic amines is 1. The van der Waals surface area contributed by atoms with Crippen molar-refractivity contribution in [1.29, 1.82) is 0 Å². The molecule has 1 N–H and O–H groups in total. The highest BCUT2D eigenvalue weighted by molar-refractivity contribution is 7.71. The Hall–Kier alpha value is -4.04. The third-order valence-electron chi connectivity index (χ3n) is 4.95. The highest BCUT2D eigenvalue weighted by Crippen LogP contribution is 2.21. The Balaban J connectivity index is 1.68. The fourth-order valence-electron chi connectivity index (χ4n) is 3.50. The van der Waals surface area contributed by atoms with Gasteiger partial charge in [-0.25, -0.2) is 19.1 Å². The normalized spacial score (nSPS) is 11.0. The van der Waals surface area contributed by atoms with Gasteiger partial charge in [-0.3, -0.25) is 4.57 Å². The van der Waals surface area contributed by atoms with Crippen LogP contribution in [0, 0.1) is 4.77 Å². The molecule has 3 aromatic carbocycles. The zero-order valence-corrected chi connectivity index (χ0v) is 17.2. The minimum absolute atomic E-state index is 0.281. The molecule has 5 rings (SSSR count). The van der Waals surface area contributed by atoms with Crippen LogP contribution in [0.3, 0.4) is 0 Å². The van der Waals surface area contributed by atoms with Crippen molar-refractivity contribution in [1.82, 2.24) is 29.1 Å². The second-order valence-electron chi connectivity index (χ2n) is 6.92. The van der Waals surface area contributed by atoms with Crippen molar-refractivity contribution >= 4 is 12.2 Å². The molecule has 0 unspecified atom stereocenters. The van der Waals surface area contributed by atoms with Crippen LogP contribution in [0.5, 0.6) is 0 Å². The Kier molecular flexibility index (Phi) is 4.89. The van der Waals surface area contributed by atoms with Crippen LogP contribution in [0.15, 0.2) is 95.8 Å². The van der Waals surface area contributed by atoms with E-state index in [2.05, 4.69) is 10.2 Å². The molecule has 0 saturated heterocycles. The van der Waals surface area contributed by atoms with Crippen LogP contribution in [-0.2, 0) is 6.54 Å². The SMILES string of the molecule is O=c1[nH]nc(Cn2c(-c3ccccc3)nn(-c3ccccc3)c2=S)n1-c1ccccc1. The minimum atomic E-state index is -0.301.